The van der Waals surface area contributed by atoms with Crippen LogP contribution < -0.4 is 5.32 Å². The van der Waals surface area contributed by atoms with E-state index in [1.54, 1.807) is 0 Å². The molecular formula is C12H21N5. The minimum Gasteiger partial charge on any atom is -0.351 e. The summed E-state index contributed by atoms with van der Waals surface area (Å²) in [5.41, 5.74) is 1.82. The van der Waals surface area contributed by atoms with Gasteiger partial charge in [-0.3, -0.25) is 4.90 Å². The van der Waals surface area contributed by atoms with Crippen LogP contribution in [0.15, 0.2) is 0 Å². The highest BCUT2D eigenvalue weighted by Gasteiger charge is 2.28. The van der Waals surface area contributed by atoms with Crippen LogP contribution in [0.25, 0.3) is 0 Å². The molecule has 1 aliphatic rings. The molecule has 0 aromatic carbocycles. The van der Waals surface area contributed by atoms with Crippen molar-refractivity contribution in [2.24, 2.45) is 0 Å². The lowest BCUT2D eigenvalue weighted by atomic mass is 10.3. The van der Waals surface area contributed by atoms with Crippen molar-refractivity contribution in [1.82, 2.24) is 20.1 Å². The second-order valence-corrected chi connectivity index (χ2v) is 4.93. The molecule has 0 bridgehead atoms. The lowest BCUT2D eigenvalue weighted by Gasteiger charge is -2.24. The van der Waals surface area contributed by atoms with Crippen LogP contribution in [0.1, 0.15) is 31.2 Å². The maximum atomic E-state index is 4.36. The van der Waals surface area contributed by atoms with Crippen LogP contribution >= 0.6 is 0 Å². The highest BCUT2D eigenvalue weighted by Crippen LogP contribution is 2.26. The fourth-order valence-corrected chi connectivity index (χ4v) is 1.76. The van der Waals surface area contributed by atoms with Gasteiger partial charge in [0, 0.05) is 18.6 Å². The molecule has 1 aliphatic carbocycles. The van der Waals surface area contributed by atoms with E-state index < -0.39 is 0 Å². The standard InChI is InChI=1S/C12H21N5/c1-8(17(4)11-5-6-11)7-13-12-14-9(2)10(3)15-16-12/h8,11H,5-7H2,1-4H3,(H,13,14,16). The summed E-state index contributed by atoms with van der Waals surface area (Å²) in [6, 6.07) is 1.28. The third-order valence-corrected chi connectivity index (χ3v) is 3.47. The van der Waals surface area contributed by atoms with Crippen LogP contribution in [0, 0.1) is 13.8 Å². The molecular weight excluding hydrogens is 214 g/mol. The minimum atomic E-state index is 0.493. The predicted octanol–water partition coefficient (Wildman–Crippen LogP) is 1.38. The molecule has 1 aromatic rings. The number of aromatic nitrogens is 3. The molecule has 1 unspecified atom stereocenters. The van der Waals surface area contributed by atoms with Crippen molar-refractivity contribution >= 4 is 5.95 Å². The van der Waals surface area contributed by atoms with E-state index in [0.29, 0.717) is 12.0 Å². The second-order valence-electron chi connectivity index (χ2n) is 4.93. The number of aryl methyl sites for hydroxylation is 2. The van der Waals surface area contributed by atoms with Crippen molar-refractivity contribution in [1.29, 1.82) is 0 Å². The molecule has 5 nitrogen and oxygen atoms in total. The van der Waals surface area contributed by atoms with Gasteiger partial charge in [0.15, 0.2) is 0 Å². The third kappa shape index (κ3) is 3.12. The molecule has 1 aromatic heterocycles. The van der Waals surface area contributed by atoms with Crippen molar-refractivity contribution < 1.29 is 0 Å². The Kier molecular flexibility index (Phi) is 3.57. The molecule has 1 heterocycles. The maximum absolute atomic E-state index is 4.36. The Hall–Kier alpha value is -1.23. The number of hydrogen-bond donors (Lipinski definition) is 1. The van der Waals surface area contributed by atoms with Gasteiger partial charge < -0.3 is 5.32 Å². The first-order valence-electron chi connectivity index (χ1n) is 6.21. The summed E-state index contributed by atoms with van der Waals surface area (Å²) in [6.07, 6.45) is 2.67. The molecule has 1 atom stereocenters. The molecule has 0 saturated heterocycles. The molecule has 0 radical (unpaired) electrons. The van der Waals surface area contributed by atoms with Crippen LogP contribution in [0.4, 0.5) is 5.95 Å². The second kappa shape index (κ2) is 4.96. The molecule has 1 fully saturated rings. The monoisotopic (exact) mass is 235 g/mol. The number of nitrogens with zero attached hydrogens (tertiary/aromatic N) is 4. The Bertz CT molecular complexity index is 388. The van der Waals surface area contributed by atoms with Gasteiger partial charge in [0.1, 0.15) is 0 Å². The third-order valence-electron chi connectivity index (χ3n) is 3.47. The highest BCUT2D eigenvalue weighted by atomic mass is 15.3. The summed E-state index contributed by atoms with van der Waals surface area (Å²) >= 11 is 0. The van der Waals surface area contributed by atoms with Crippen molar-refractivity contribution in [3.05, 3.63) is 11.4 Å². The van der Waals surface area contributed by atoms with Crippen molar-refractivity contribution in [2.45, 2.75) is 45.7 Å². The van der Waals surface area contributed by atoms with Crippen LogP contribution in [0.3, 0.4) is 0 Å². The number of likely N-dealkylation sites (N-methyl/N-ethyl adjacent to an activating group) is 1. The predicted molar refractivity (Wildman–Crippen MR) is 68.0 cm³/mol. The minimum absolute atomic E-state index is 0.493. The first-order valence-corrected chi connectivity index (χ1v) is 6.21. The van der Waals surface area contributed by atoms with Gasteiger partial charge in [-0.15, -0.1) is 5.10 Å². The Balaban J connectivity index is 1.86. The van der Waals surface area contributed by atoms with Crippen molar-refractivity contribution in [3.8, 4) is 0 Å². The van der Waals surface area contributed by atoms with Crippen LogP contribution in [-0.2, 0) is 0 Å². The molecule has 94 valence electrons. The molecule has 1 N–H and O–H groups in total. The largest absolute Gasteiger partial charge is 0.351 e. The lowest BCUT2D eigenvalue weighted by molar-refractivity contribution is 0.257. The zero-order valence-corrected chi connectivity index (χ0v) is 11.1. The van der Waals surface area contributed by atoms with Gasteiger partial charge in [-0.25, -0.2) is 4.98 Å². The molecule has 0 aliphatic heterocycles. The molecule has 5 heteroatoms. The number of nitrogens with one attached hydrogen (secondary N) is 1. The zero-order valence-electron chi connectivity index (χ0n) is 11.1. The first kappa shape index (κ1) is 12.2. The van der Waals surface area contributed by atoms with Crippen LogP contribution in [0.2, 0.25) is 0 Å². The van der Waals surface area contributed by atoms with E-state index in [4.69, 9.17) is 0 Å². The van der Waals surface area contributed by atoms with Gasteiger partial charge in [-0.1, -0.05) is 0 Å². The Morgan fingerprint density at radius 3 is 2.59 bits per heavy atom. The summed E-state index contributed by atoms with van der Waals surface area (Å²) in [6.45, 7) is 6.95. The number of rotatable bonds is 5. The Morgan fingerprint density at radius 2 is 2.00 bits per heavy atom. The zero-order chi connectivity index (χ0) is 12.4. The Labute approximate surface area is 103 Å². The van der Waals surface area contributed by atoms with E-state index in [0.717, 1.165) is 24.0 Å². The van der Waals surface area contributed by atoms with Crippen LogP contribution in [0.5, 0.6) is 0 Å². The van der Waals surface area contributed by atoms with Gasteiger partial charge >= 0.3 is 0 Å². The van der Waals surface area contributed by atoms with Gasteiger partial charge in [-0.2, -0.15) is 5.10 Å². The van der Waals surface area contributed by atoms with Crippen LogP contribution in [-0.4, -0.2) is 45.8 Å². The fourth-order valence-electron chi connectivity index (χ4n) is 1.76. The summed E-state index contributed by atoms with van der Waals surface area (Å²) < 4.78 is 0. The van der Waals surface area contributed by atoms with Gasteiger partial charge in [0.05, 0.1) is 11.4 Å². The first-order chi connectivity index (χ1) is 8.08. The van der Waals surface area contributed by atoms with E-state index in [9.17, 15) is 0 Å². The van der Waals surface area contributed by atoms with E-state index in [2.05, 4.69) is 39.4 Å². The quantitative estimate of drug-likeness (QED) is 0.835. The highest BCUT2D eigenvalue weighted by molar-refractivity contribution is 5.24. The fraction of sp³-hybridized carbons (Fsp3) is 0.750. The van der Waals surface area contributed by atoms with E-state index in [1.165, 1.54) is 12.8 Å². The summed E-state index contributed by atoms with van der Waals surface area (Å²) in [5.74, 6) is 0.629. The van der Waals surface area contributed by atoms with E-state index in [-0.39, 0.29) is 0 Å². The SMILES string of the molecule is Cc1nnc(NCC(C)N(C)C2CC2)nc1C. The normalized spacial score (nSPS) is 17.2. The molecule has 0 spiro atoms. The molecule has 0 amide bonds. The summed E-state index contributed by atoms with van der Waals surface area (Å²) in [4.78, 5) is 6.78. The topological polar surface area (TPSA) is 53.9 Å². The average molecular weight is 235 g/mol. The molecule has 1 saturated carbocycles. The van der Waals surface area contributed by atoms with E-state index in [1.807, 2.05) is 13.8 Å². The van der Waals surface area contributed by atoms with Crippen molar-refractivity contribution in [2.75, 3.05) is 18.9 Å². The summed E-state index contributed by atoms with van der Waals surface area (Å²) in [7, 11) is 2.18. The van der Waals surface area contributed by atoms with Gasteiger partial charge in [0.2, 0.25) is 5.95 Å². The lowest BCUT2D eigenvalue weighted by Crippen LogP contribution is -2.36. The molecule has 2 rings (SSSR count). The van der Waals surface area contributed by atoms with E-state index >= 15 is 0 Å². The maximum Gasteiger partial charge on any atom is 0.243 e. The smallest absolute Gasteiger partial charge is 0.243 e. The van der Waals surface area contributed by atoms with Crippen molar-refractivity contribution in [3.63, 3.8) is 0 Å². The average Bonchev–Trinajstić information content (AvgIpc) is 3.13. The summed E-state index contributed by atoms with van der Waals surface area (Å²) in [5, 5.41) is 11.4. The Morgan fingerprint density at radius 1 is 1.29 bits per heavy atom. The molecule has 17 heavy (non-hydrogen) atoms. The van der Waals surface area contributed by atoms with Gasteiger partial charge in [0.25, 0.3) is 0 Å². The van der Waals surface area contributed by atoms with Gasteiger partial charge in [-0.05, 0) is 40.7 Å². The number of hydrogen-bond acceptors (Lipinski definition) is 5. The number of anilines is 1.